The van der Waals surface area contributed by atoms with E-state index in [0.717, 1.165) is 28.4 Å². The summed E-state index contributed by atoms with van der Waals surface area (Å²) in [5.41, 5.74) is 2.27. The van der Waals surface area contributed by atoms with Gasteiger partial charge in [0.2, 0.25) is 0 Å². The van der Waals surface area contributed by atoms with Gasteiger partial charge in [0.25, 0.3) is 12.3 Å². The van der Waals surface area contributed by atoms with Gasteiger partial charge in [-0.25, -0.2) is 8.78 Å². The monoisotopic (exact) mass is 345 g/mol. The summed E-state index contributed by atoms with van der Waals surface area (Å²) in [4.78, 5) is 13.9. The quantitative estimate of drug-likeness (QED) is 0.781. The highest BCUT2D eigenvalue weighted by Gasteiger charge is 2.34. The Morgan fingerprint density at radius 3 is 2.65 bits per heavy atom. The first-order chi connectivity index (χ1) is 9.41. The maximum absolute atomic E-state index is 13.1. The van der Waals surface area contributed by atoms with E-state index in [1.54, 1.807) is 6.07 Å². The van der Waals surface area contributed by atoms with Crippen LogP contribution in [0.25, 0.3) is 0 Å². The molecule has 1 amide bonds. The fourth-order valence-electron chi connectivity index (χ4n) is 2.64. The summed E-state index contributed by atoms with van der Waals surface area (Å²) in [5, 5.41) is 0. The van der Waals surface area contributed by atoms with Crippen molar-refractivity contribution in [2.75, 3.05) is 6.54 Å². The number of carbonyl (C=O) groups is 1. The molecule has 2 rings (SSSR count). The molecule has 0 aliphatic carbocycles. The minimum Gasteiger partial charge on any atom is -0.330 e. The molecule has 1 atom stereocenters. The standard InChI is InChI=1S/C15H18BrF2NO/c1-9-8-12(16)10(2)7-11(9)15(20)19-6-4-3-5-13(19)14(17)18/h7-8,13-14H,3-6H2,1-2H3/t13-/m1/s1. The Bertz CT molecular complexity index is 519. The lowest BCUT2D eigenvalue weighted by atomic mass is 9.99. The molecule has 110 valence electrons. The molecular formula is C15H18BrF2NO. The van der Waals surface area contributed by atoms with Gasteiger partial charge in [-0.3, -0.25) is 4.79 Å². The molecule has 0 radical (unpaired) electrons. The van der Waals surface area contributed by atoms with Gasteiger partial charge in [0, 0.05) is 16.6 Å². The number of rotatable bonds is 2. The molecule has 1 aromatic rings. The van der Waals surface area contributed by atoms with Crippen molar-refractivity contribution in [3.05, 3.63) is 33.3 Å². The van der Waals surface area contributed by atoms with E-state index in [9.17, 15) is 13.6 Å². The van der Waals surface area contributed by atoms with Crippen molar-refractivity contribution in [2.45, 2.75) is 45.6 Å². The number of piperidine rings is 1. The van der Waals surface area contributed by atoms with Crippen LogP contribution in [-0.4, -0.2) is 29.8 Å². The summed E-state index contributed by atoms with van der Waals surface area (Å²) in [7, 11) is 0. The predicted octanol–water partition coefficient (Wildman–Crippen LogP) is 4.33. The molecule has 0 saturated carbocycles. The summed E-state index contributed by atoms with van der Waals surface area (Å²) in [5.74, 6) is -0.275. The Morgan fingerprint density at radius 2 is 2.00 bits per heavy atom. The Labute approximate surface area is 126 Å². The molecule has 0 N–H and O–H groups in total. The van der Waals surface area contributed by atoms with Crippen molar-refractivity contribution in [1.29, 1.82) is 0 Å². The Hall–Kier alpha value is -0.970. The molecule has 1 aromatic carbocycles. The van der Waals surface area contributed by atoms with E-state index >= 15 is 0 Å². The summed E-state index contributed by atoms with van der Waals surface area (Å²) in [6.45, 7) is 4.14. The second-order valence-electron chi connectivity index (χ2n) is 5.31. The fraction of sp³-hybridized carbons (Fsp3) is 0.533. The first-order valence-corrected chi connectivity index (χ1v) is 7.57. The molecule has 1 aliphatic rings. The van der Waals surface area contributed by atoms with Crippen LogP contribution in [0.5, 0.6) is 0 Å². The number of halogens is 3. The predicted molar refractivity (Wildman–Crippen MR) is 78.3 cm³/mol. The zero-order valence-electron chi connectivity index (χ0n) is 11.6. The van der Waals surface area contributed by atoms with E-state index in [-0.39, 0.29) is 5.91 Å². The smallest absolute Gasteiger partial charge is 0.258 e. The molecule has 2 nitrogen and oxygen atoms in total. The number of nitrogens with zero attached hydrogens (tertiary/aromatic N) is 1. The first kappa shape index (κ1) is 15.4. The van der Waals surface area contributed by atoms with Gasteiger partial charge in [0.1, 0.15) is 0 Å². The second-order valence-corrected chi connectivity index (χ2v) is 6.17. The zero-order chi connectivity index (χ0) is 14.9. The van der Waals surface area contributed by atoms with E-state index in [1.807, 2.05) is 19.9 Å². The van der Waals surface area contributed by atoms with Gasteiger partial charge in [-0.15, -0.1) is 0 Å². The number of aryl methyl sites for hydroxylation is 2. The van der Waals surface area contributed by atoms with Crippen molar-refractivity contribution in [2.24, 2.45) is 0 Å². The molecule has 5 heteroatoms. The molecule has 1 saturated heterocycles. The van der Waals surface area contributed by atoms with Crippen LogP contribution in [-0.2, 0) is 0 Å². The van der Waals surface area contributed by atoms with Crippen molar-refractivity contribution >= 4 is 21.8 Å². The second kappa shape index (κ2) is 6.20. The van der Waals surface area contributed by atoms with Crippen LogP contribution >= 0.6 is 15.9 Å². The van der Waals surface area contributed by atoms with Gasteiger partial charge < -0.3 is 4.90 Å². The molecule has 0 spiro atoms. The molecule has 0 unspecified atom stereocenters. The molecule has 1 fully saturated rings. The van der Waals surface area contributed by atoms with Gasteiger partial charge in [-0.2, -0.15) is 0 Å². The van der Waals surface area contributed by atoms with Crippen LogP contribution in [0.15, 0.2) is 16.6 Å². The summed E-state index contributed by atoms with van der Waals surface area (Å²) in [6.07, 6.45) is -0.533. The minimum absolute atomic E-state index is 0.275. The van der Waals surface area contributed by atoms with Crippen LogP contribution in [0, 0.1) is 13.8 Å². The van der Waals surface area contributed by atoms with Crippen molar-refractivity contribution < 1.29 is 13.6 Å². The number of hydrogen-bond acceptors (Lipinski definition) is 1. The average molecular weight is 346 g/mol. The largest absolute Gasteiger partial charge is 0.330 e. The molecular weight excluding hydrogens is 328 g/mol. The van der Waals surface area contributed by atoms with Gasteiger partial charge >= 0.3 is 0 Å². The average Bonchev–Trinajstić information content (AvgIpc) is 2.42. The molecule has 1 aliphatic heterocycles. The fourth-order valence-corrected chi connectivity index (χ4v) is 3.10. The first-order valence-electron chi connectivity index (χ1n) is 6.77. The molecule has 1 heterocycles. The van der Waals surface area contributed by atoms with Gasteiger partial charge in [0.05, 0.1) is 6.04 Å². The highest BCUT2D eigenvalue weighted by Crippen LogP contribution is 2.27. The highest BCUT2D eigenvalue weighted by molar-refractivity contribution is 9.10. The highest BCUT2D eigenvalue weighted by atomic mass is 79.9. The van der Waals surface area contributed by atoms with E-state index in [1.165, 1.54) is 4.90 Å². The van der Waals surface area contributed by atoms with Crippen LogP contribution in [0.3, 0.4) is 0 Å². The Kier molecular flexibility index (Phi) is 4.78. The third-order valence-electron chi connectivity index (χ3n) is 3.84. The Morgan fingerprint density at radius 1 is 1.30 bits per heavy atom. The minimum atomic E-state index is -2.48. The SMILES string of the molecule is Cc1cc(C(=O)N2CCCC[C@@H]2C(F)F)c(C)cc1Br. The lowest BCUT2D eigenvalue weighted by Gasteiger charge is -2.35. The zero-order valence-corrected chi connectivity index (χ0v) is 13.2. The molecule has 0 aromatic heterocycles. The van der Waals surface area contributed by atoms with E-state index in [4.69, 9.17) is 0 Å². The molecule has 20 heavy (non-hydrogen) atoms. The van der Waals surface area contributed by atoms with E-state index in [2.05, 4.69) is 15.9 Å². The molecule has 0 bridgehead atoms. The van der Waals surface area contributed by atoms with Crippen LogP contribution < -0.4 is 0 Å². The van der Waals surface area contributed by atoms with E-state index < -0.39 is 12.5 Å². The number of alkyl halides is 2. The number of amides is 1. The number of benzene rings is 1. The van der Waals surface area contributed by atoms with Gasteiger partial charge in [-0.1, -0.05) is 15.9 Å². The number of likely N-dealkylation sites (tertiary alicyclic amines) is 1. The van der Waals surface area contributed by atoms with Crippen LogP contribution in [0.2, 0.25) is 0 Å². The maximum Gasteiger partial charge on any atom is 0.258 e. The summed E-state index contributed by atoms with van der Waals surface area (Å²) in [6, 6.07) is 2.70. The maximum atomic E-state index is 13.1. The van der Waals surface area contributed by atoms with Crippen LogP contribution in [0.1, 0.15) is 40.7 Å². The third kappa shape index (κ3) is 3.03. The lowest BCUT2D eigenvalue weighted by molar-refractivity contribution is 0.00679. The topological polar surface area (TPSA) is 20.3 Å². The number of carbonyl (C=O) groups excluding carboxylic acids is 1. The van der Waals surface area contributed by atoms with Gasteiger partial charge in [0.15, 0.2) is 0 Å². The normalized spacial score (nSPS) is 19.5. The van der Waals surface area contributed by atoms with Crippen molar-refractivity contribution in [1.82, 2.24) is 4.90 Å². The Balaban J connectivity index is 2.32. The van der Waals surface area contributed by atoms with Crippen molar-refractivity contribution in [3.8, 4) is 0 Å². The van der Waals surface area contributed by atoms with E-state index in [0.29, 0.717) is 18.5 Å². The lowest BCUT2D eigenvalue weighted by Crippen LogP contribution is -2.47. The third-order valence-corrected chi connectivity index (χ3v) is 4.69. The summed E-state index contributed by atoms with van der Waals surface area (Å²) >= 11 is 3.42. The van der Waals surface area contributed by atoms with Gasteiger partial charge in [-0.05, 0) is 56.4 Å². The van der Waals surface area contributed by atoms with Crippen LogP contribution in [0.4, 0.5) is 8.78 Å². The summed E-state index contributed by atoms with van der Waals surface area (Å²) < 4.78 is 27.1. The van der Waals surface area contributed by atoms with Crippen molar-refractivity contribution in [3.63, 3.8) is 0 Å². The number of hydrogen-bond donors (Lipinski definition) is 0.